The summed E-state index contributed by atoms with van der Waals surface area (Å²) in [5.74, 6) is 0. The van der Waals surface area contributed by atoms with Gasteiger partial charge >= 0.3 is 0 Å². The quantitative estimate of drug-likeness (QED) is 0.0197. The van der Waals surface area contributed by atoms with Gasteiger partial charge in [-0.3, -0.25) is 0 Å². The third-order valence-corrected chi connectivity index (χ3v) is 29.3. The van der Waals surface area contributed by atoms with Crippen molar-refractivity contribution in [1.82, 2.24) is 0 Å². The Morgan fingerprint density at radius 3 is 0.426 bits per heavy atom. The van der Waals surface area contributed by atoms with Crippen LogP contribution in [-0.4, -0.2) is 79.2 Å². The second-order valence-corrected chi connectivity index (χ2v) is 42.7. The smallest absolute Gasteiger partial charge is 0.124 e. The van der Waals surface area contributed by atoms with E-state index in [1.807, 2.05) is 48.5 Å². The zero-order valence-electron chi connectivity index (χ0n) is 81.8. The molecule has 0 saturated heterocycles. The first kappa shape index (κ1) is 117. The Bertz CT molecular complexity index is 4220. The van der Waals surface area contributed by atoms with Crippen molar-refractivity contribution >= 4 is 111 Å². The number of hydrogen-bond acceptors (Lipinski definition) is 12. The van der Waals surface area contributed by atoms with Crippen molar-refractivity contribution < 1.29 is 51.9 Å². The van der Waals surface area contributed by atoms with Gasteiger partial charge in [0.25, 0.3) is 0 Å². The van der Waals surface area contributed by atoms with Crippen LogP contribution in [0.3, 0.4) is 0 Å². The van der Waals surface area contributed by atoms with E-state index < -0.39 is 40.5 Å². The van der Waals surface area contributed by atoms with Crippen LogP contribution in [0.2, 0.25) is 0 Å². The molecule has 0 aliphatic carbocycles. The summed E-state index contributed by atoms with van der Waals surface area (Å²) >= 11 is 0. The fourth-order valence-electron chi connectivity index (χ4n) is 18.7. The van der Waals surface area contributed by atoms with Gasteiger partial charge in [0, 0.05) is 27.3 Å². The molecular weight excluding hydrogens is 1870 g/mol. The van der Waals surface area contributed by atoms with Gasteiger partial charge in [0.15, 0.2) is 0 Å². The van der Waals surface area contributed by atoms with Crippen molar-refractivity contribution in [3.05, 3.63) is 166 Å². The van der Waals surface area contributed by atoms with Crippen LogP contribution in [0.5, 0.6) is 0 Å². The molecule has 0 fully saturated rings. The number of aryl methyl sites for hydroxylation is 8. The van der Waals surface area contributed by atoms with Crippen LogP contribution >= 0.6 is 0 Å². The Morgan fingerprint density at radius 1 is 0.171 bits per heavy atom. The summed E-state index contributed by atoms with van der Waals surface area (Å²) in [6.07, 6.45) is 77.3. The molecule has 0 aliphatic rings. The molecule has 12 nitrogen and oxygen atoms in total. The van der Waals surface area contributed by atoms with E-state index >= 15 is 0 Å². The molecule has 17 heteroatoms. The molecule has 0 atom stereocenters. The van der Waals surface area contributed by atoms with Crippen molar-refractivity contribution in [3.8, 4) is 0 Å². The molecule has 0 aliphatic heterocycles. The Balaban J connectivity index is 0.000000359. The minimum absolute atomic E-state index is 0. The molecule has 0 amide bonds. The minimum Gasteiger partial charge on any atom is -0.744 e. The van der Waals surface area contributed by atoms with Gasteiger partial charge in [0.1, 0.15) is 40.5 Å². The van der Waals surface area contributed by atoms with E-state index in [4.69, 9.17) is 0 Å². The van der Waals surface area contributed by atoms with Crippen molar-refractivity contribution in [1.29, 1.82) is 0 Å². The minimum atomic E-state index is -4.46. The van der Waals surface area contributed by atoms with Crippen LogP contribution in [0.25, 0.3) is 43.1 Å². The molecular formula is C112H172O12PbS4-4. The predicted octanol–water partition coefficient (Wildman–Crippen LogP) is 32.9. The van der Waals surface area contributed by atoms with Crippen molar-refractivity contribution in [2.75, 3.05) is 0 Å². The summed E-state index contributed by atoms with van der Waals surface area (Å²) in [5.41, 5.74) is 9.31. The molecule has 0 saturated carbocycles. The number of benzene rings is 8. The van der Waals surface area contributed by atoms with Gasteiger partial charge in [0.05, 0.1) is 19.6 Å². The fraction of sp³-hybridized carbons (Fsp3) is 0.643. The molecule has 0 spiro atoms. The maximum atomic E-state index is 11.8. The van der Waals surface area contributed by atoms with Gasteiger partial charge in [-0.15, -0.1) is 0 Å². The van der Waals surface area contributed by atoms with Gasteiger partial charge in [-0.05, 0) is 239 Å². The zero-order valence-corrected chi connectivity index (χ0v) is 89.0. The molecule has 129 heavy (non-hydrogen) atoms. The summed E-state index contributed by atoms with van der Waals surface area (Å²) < 4.78 is 141. The molecule has 0 bridgehead atoms. The monoisotopic (exact) mass is 2050 g/mol. The largest absolute Gasteiger partial charge is 0.744 e. The Kier molecular flexibility index (Phi) is 62.6. The first-order valence-corrected chi connectivity index (χ1v) is 57.5. The third kappa shape index (κ3) is 47.6. The number of hydrogen-bond donors (Lipinski definition) is 0. The Labute approximate surface area is 807 Å². The summed E-state index contributed by atoms with van der Waals surface area (Å²) in [4.78, 5) is -0.348. The van der Waals surface area contributed by atoms with Crippen LogP contribution in [0, 0.1) is 0 Å². The fourth-order valence-corrected chi connectivity index (χ4v) is 20.9. The summed E-state index contributed by atoms with van der Waals surface area (Å²) in [7, 11) is -17.8. The van der Waals surface area contributed by atoms with E-state index in [-0.39, 0.29) is 46.9 Å². The predicted molar refractivity (Wildman–Crippen MR) is 547 cm³/mol. The van der Waals surface area contributed by atoms with E-state index in [2.05, 4.69) is 79.7 Å². The second-order valence-electron chi connectivity index (χ2n) is 37.2. The Hall–Kier alpha value is -4.64. The maximum Gasteiger partial charge on any atom is 0.124 e. The first-order valence-electron chi connectivity index (χ1n) is 51.9. The average molecular weight is 2050 g/mol. The summed E-state index contributed by atoms with van der Waals surface area (Å²) in [6, 6.07) is 37.4. The molecule has 4 radical (unpaired) electrons. The second kappa shape index (κ2) is 69.2. The molecule has 0 heterocycles. The molecule has 724 valence electrons. The number of rotatable bonds is 68. The first-order chi connectivity index (χ1) is 61.9. The van der Waals surface area contributed by atoms with Gasteiger partial charge in [-0.1, -0.05) is 436 Å². The van der Waals surface area contributed by atoms with E-state index in [0.29, 0.717) is 0 Å². The van der Waals surface area contributed by atoms with Crippen LogP contribution in [0.1, 0.15) is 459 Å². The van der Waals surface area contributed by atoms with Gasteiger partial charge in [0.2, 0.25) is 0 Å². The van der Waals surface area contributed by atoms with E-state index in [1.54, 1.807) is 48.5 Å². The van der Waals surface area contributed by atoms with E-state index in [1.165, 1.54) is 326 Å². The van der Waals surface area contributed by atoms with Crippen LogP contribution in [0.4, 0.5) is 0 Å². The number of fused-ring (bicyclic) bond motifs is 4. The molecule has 0 N–H and O–H groups in total. The zero-order chi connectivity index (χ0) is 92.9. The molecule has 0 aromatic heterocycles. The van der Waals surface area contributed by atoms with Crippen molar-refractivity contribution in [2.24, 2.45) is 0 Å². The molecule has 8 rings (SSSR count). The summed E-state index contributed by atoms with van der Waals surface area (Å²) in [5, 5.41) is 8.27. The van der Waals surface area contributed by atoms with Gasteiger partial charge in [-0.2, -0.15) is 0 Å². The van der Waals surface area contributed by atoms with Crippen LogP contribution < -0.4 is 0 Å². The van der Waals surface area contributed by atoms with Crippen molar-refractivity contribution in [3.63, 3.8) is 0 Å². The normalized spacial score (nSPS) is 11.9. The van der Waals surface area contributed by atoms with Crippen LogP contribution in [-0.2, 0) is 91.8 Å². The SMILES string of the molecule is CCCCCCCCCc1cccc2cc(S(=O)(=O)[O-])cc(CCCCCCCCC)c12.CCCCCCCCCc1cccc2cc(S(=O)(=O)[O-])cc(CCCCCCCCC)c12.CCCCCCCCCc1cccc2cc(S(=O)(=O)[O-])cc(CCCCCCCCC)c12.CCCCCCCCCc1cccc2cc(S(=O)(=O)[O-])cc(CCCCCCCCC)c12.[Pb]. The van der Waals surface area contributed by atoms with Crippen molar-refractivity contribution in [2.45, 2.75) is 486 Å². The molecule has 8 aromatic carbocycles. The molecule has 0 unspecified atom stereocenters. The van der Waals surface area contributed by atoms with Gasteiger partial charge in [-0.25, -0.2) is 33.7 Å². The Morgan fingerprint density at radius 2 is 0.295 bits per heavy atom. The summed E-state index contributed by atoms with van der Waals surface area (Å²) in [6.45, 7) is 17.9. The molecule has 8 aromatic rings. The van der Waals surface area contributed by atoms with Gasteiger partial charge < -0.3 is 18.2 Å². The third-order valence-electron chi connectivity index (χ3n) is 26.0. The van der Waals surface area contributed by atoms with E-state index in [0.717, 1.165) is 172 Å². The maximum absolute atomic E-state index is 11.8. The topological polar surface area (TPSA) is 229 Å². The van der Waals surface area contributed by atoms with E-state index in [9.17, 15) is 51.9 Å². The average Bonchev–Trinajstić information content (AvgIpc) is 0.796. The number of unbranched alkanes of at least 4 members (excludes halogenated alkanes) is 48. The van der Waals surface area contributed by atoms with Crippen LogP contribution in [0.15, 0.2) is 141 Å². The standard InChI is InChI=1S/4C28H44O3S.Pb/c4*1-3-5-7-9-11-13-15-18-24-20-17-21-26-23-27(32(29,30)31)22-25(28(24)26)19-16-14-12-10-8-6-4-2;/h4*17,20-23H,3-16,18-19H2,1-2H3,(H,29,30,31);/p-4.